The Hall–Kier alpha value is -3.20. The summed E-state index contributed by atoms with van der Waals surface area (Å²) in [4.78, 5) is 25.8. The van der Waals surface area contributed by atoms with Crippen molar-refractivity contribution in [1.29, 1.82) is 0 Å². The second-order valence-electron chi connectivity index (χ2n) is 7.90. The molecule has 1 unspecified atom stereocenters. The largest absolute Gasteiger partial charge is 0.351 e. The van der Waals surface area contributed by atoms with E-state index >= 15 is 0 Å². The van der Waals surface area contributed by atoms with E-state index in [1.54, 1.807) is 29.7 Å². The Labute approximate surface area is 195 Å². The van der Waals surface area contributed by atoms with Gasteiger partial charge in [0.1, 0.15) is 5.82 Å². The molecule has 4 rings (SSSR count). The van der Waals surface area contributed by atoms with Gasteiger partial charge in [0.2, 0.25) is 11.7 Å². The van der Waals surface area contributed by atoms with E-state index < -0.39 is 5.25 Å². The summed E-state index contributed by atoms with van der Waals surface area (Å²) < 4.78 is 16.6. The number of thioether (sulfide) groups is 1. The van der Waals surface area contributed by atoms with E-state index in [9.17, 15) is 14.0 Å². The molecule has 4 aromatic rings. The van der Waals surface area contributed by atoms with E-state index in [-0.39, 0.29) is 17.3 Å². The van der Waals surface area contributed by atoms with Gasteiger partial charge in [0.05, 0.1) is 16.2 Å². The molecule has 172 valence electrons. The molecule has 0 saturated heterocycles. The Bertz CT molecular complexity index is 1330. The van der Waals surface area contributed by atoms with Crippen LogP contribution in [-0.2, 0) is 17.9 Å². The quantitative estimate of drug-likeness (QED) is 0.295. The molecule has 1 atom stereocenters. The predicted octanol–water partition coefficient (Wildman–Crippen LogP) is 4.17. The molecule has 2 aromatic carbocycles. The molecule has 2 aromatic heterocycles. The lowest BCUT2D eigenvalue weighted by Gasteiger charge is -2.13. The zero-order valence-corrected chi connectivity index (χ0v) is 19.4. The zero-order chi connectivity index (χ0) is 23.4. The lowest BCUT2D eigenvalue weighted by Crippen LogP contribution is -2.30. The van der Waals surface area contributed by atoms with Crippen LogP contribution in [0.4, 0.5) is 4.39 Å². The van der Waals surface area contributed by atoms with Crippen LogP contribution in [0.15, 0.2) is 58.5 Å². The first kappa shape index (κ1) is 23.0. The van der Waals surface area contributed by atoms with Crippen molar-refractivity contribution in [2.75, 3.05) is 0 Å². The van der Waals surface area contributed by atoms with Crippen LogP contribution < -0.4 is 10.9 Å². The molecule has 0 aliphatic rings. The minimum Gasteiger partial charge on any atom is -0.351 e. The number of carbonyl (C=O) groups is 1. The van der Waals surface area contributed by atoms with Gasteiger partial charge in [-0.2, -0.15) is 0 Å². The summed E-state index contributed by atoms with van der Waals surface area (Å²) in [5.41, 5.74) is 1.45. The van der Waals surface area contributed by atoms with Crippen LogP contribution in [0.25, 0.3) is 16.7 Å². The van der Waals surface area contributed by atoms with Gasteiger partial charge in [-0.05, 0) is 43.2 Å². The summed E-state index contributed by atoms with van der Waals surface area (Å²) >= 11 is 1.29. The highest BCUT2D eigenvalue weighted by atomic mass is 32.2. The molecule has 1 amide bonds. The first-order valence-electron chi connectivity index (χ1n) is 11.0. The third-order valence-corrected chi connectivity index (χ3v) is 6.54. The van der Waals surface area contributed by atoms with Gasteiger partial charge in [-0.1, -0.05) is 55.8 Å². The number of rotatable bonds is 9. The Morgan fingerprint density at radius 3 is 2.64 bits per heavy atom. The van der Waals surface area contributed by atoms with Crippen molar-refractivity contribution >= 4 is 34.3 Å². The van der Waals surface area contributed by atoms with E-state index in [0.717, 1.165) is 30.3 Å². The van der Waals surface area contributed by atoms with Crippen LogP contribution in [0.2, 0.25) is 0 Å². The average molecular weight is 468 g/mol. The fraction of sp³-hybridized carbons (Fsp3) is 0.333. The van der Waals surface area contributed by atoms with Gasteiger partial charge in [-0.25, -0.2) is 4.39 Å². The fourth-order valence-electron chi connectivity index (χ4n) is 3.68. The maximum absolute atomic E-state index is 13.1. The molecule has 9 heteroatoms. The number of para-hydroxylation sites is 1. The number of nitrogens with one attached hydrogen (secondary N) is 1. The number of benzene rings is 2. The highest BCUT2D eigenvalue weighted by Crippen LogP contribution is 2.25. The number of aromatic nitrogens is 4. The van der Waals surface area contributed by atoms with E-state index in [4.69, 9.17) is 0 Å². The van der Waals surface area contributed by atoms with Gasteiger partial charge in [-0.15, -0.1) is 10.2 Å². The SMILES string of the molecule is CCCCCn1c(=O)c2ccccc2n2c(SC(C)C(=O)NCc3ccc(F)cc3)nnc12. The zero-order valence-electron chi connectivity index (χ0n) is 18.6. The number of aryl methyl sites for hydroxylation is 1. The Kier molecular flexibility index (Phi) is 7.08. The molecule has 33 heavy (non-hydrogen) atoms. The molecule has 0 saturated carbocycles. The summed E-state index contributed by atoms with van der Waals surface area (Å²) in [5.74, 6) is 0.00551. The molecular weight excluding hydrogens is 441 g/mol. The van der Waals surface area contributed by atoms with Gasteiger partial charge in [0, 0.05) is 13.1 Å². The number of carbonyl (C=O) groups excluding carboxylic acids is 1. The lowest BCUT2D eigenvalue weighted by molar-refractivity contribution is -0.120. The number of halogens is 1. The molecule has 2 heterocycles. The third-order valence-electron chi connectivity index (χ3n) is 5.49. The van der Waals surface area contributed by atoms with Crippen LogP contribution in [0.1, 0.15) is 38.7 Å². The number of hydrogen-bond donors (Lipinski definition) is 1. The fourth-order valence-corrected chi connectivity index (χ4v) is 4.56. The van der Waals surface area contributed by atoms with E-state index in [1.807, 2.05) is 22.6 Å². The number of nitrogens with zero attached hydrogens (tertiary/aromatic N) is 4. The monoisotopic (exact) mass is 467 g/mol. The van der Waals surface area contributed by atoms with Gasteiger partial charge in [-0.3, -0.25) is 18.6 Å². The van der Waals surface area contributed by atoms with E-state index in [2.05, 4.69) is 22.4 Å². The molecule has 0 bridgehead atoms. The summed E-state index contributed by atoms with van der Waals surface area (Å²) in [6.07, 6.45) is 2.95. The molecule has 7 nitrogen and oxygen atoms in total. The van der Waals surface area contributed by atoms with Gasteiger partial charge < -0.3 is 5.32 Å². The Morgan fingerprint density at radius 1 is 1.12 bits per heavy atom. The predicted molar refractivity (Wildman–Crippen MR) is 128 cm³/mol. The summed E-state index contributed by atoms with van der Waals surface area (Å²) in [6.45, 7) is 4.79. The minimum atomic E-state index is -0.447. The number of hydrogen-bond acceptors (Lipinski definition) is 5. The smallest absolute Gasteiger partial charge is 0.262 e. The van der Waals surface area contributed by atoms with Gasteiger partial charge >= 0.3 is 0 Å². The molecule has 0 aliphatic heterocycles. The van der Waals surface area contributed by atoms with Gasteiger partial charge in [0.15, 0.2) is 5.16 Å². The van der Waals surface area contributed by atoms with Crippen LogP contribution in [0, 0.1) is 5.82 Å². The standard InChI is InChI=1S/C24H26FN5O2S/c1-3-4-7-14-29-22(32)19-8-5-6-9-20(19)30-23(29)27-28-24(30)33-16(2)21(31)26-15-17-10-12-18(25)13-11-17/h5-6,8-13,16H,3-4,7,14-15H2,1-2H3,(H,26,31). The lowest BCUT2D eigenvalue weighted by atomic mass is 10.2. The van der Waals surface area contributed by atoms with Crippen molar-refractivity contribution in [3.8, 4) is 0 Å². The first-order chi connectivity index (χ1) is 16.0. The van der Waals surface area contributed by atoms with Crippen molar-refractivity contribution in [1.82, 2.24) is 24.5 Å². The number of amides is 1. The Balaban J connectivity index is 1.60. The topological polar surface area (TPSA) is 81.3 Å². The van der Waals surface area contributed by atoms with E-state index in [1.165, 1.54) is 23.9 Å². The van der Waals surface area contributed by atoms with Crippen LogP contribution in [0.5, 0.6) is 0 Å². The van der Waals surface area contributed by atoms with Crippen LogP contribution >= 0.6 is 11.8 Å². The average Bonchev–Trinajstić information content (AvgIpc) is 3.24. The highest BCUT2D eigenvalue weighted by molar-refractivity contribution is 8.00. The Morgan fingerprint density at radius 2 is 1.88 bits per heavy atom. The van der Waals surface area contributed by atoms with Crippen LogP contribution in [-0.4, -0.2) is 30.3 Å². The number of unbranched alkanes of at least 4 members (excludes halogenated alkanes) is 2. The van der Waals surface area contributed by atoms with Crippen molar-refractivity contribution in [3.05, 3.63) is 70.3 Å². The minimum absolute atomic E-state index is 0.0803. The molecular formula is C24H26FN5O2S. The number of fused-ring (bicyclic) bond motifs is 3. The normalized spacial score (nSPS) is 12.3. The molecule has 0 radical (unpaired) electrons. The molecule has 1 N–H and O–H groups in total. The first-order valence-corrected chi connectivity index (χ1v) is 11.9. The second-order valence-corrected chi connectivity index (χ2v) is 9.21. The third kappa shape index (κ3) is 4.93. The highest BCUT2D eigenvalue weighted by Gasteiger charge is 2.21. The van der Waals surface area contributed by atoms with Crippen molar-refractivity contribution in [2.24, 2.45) is 0 Å². The van der Waals surface area contributed by atoms with Crippen molar-refractivity contribution in [3.63, 3.8) is 0 Å². The molecule has 0 aliphatic carbocycles. The summed E-state index contributed by atoms with van der Waals surface area (Å²) in [5, 5.41) is 12.2. The summed E-state index contributed by atoms with van der Waals surface area (Å²) in [6, 6.07) is 13.4. The van der Waals surface area contributed by atoms with Crippen molar-refractivity contribution in [2.45, 2.75) is 56.6 Å². The summed E-state index contributed by atoms with van der Waals surface area (Å²) in [7, 11) is 0. The second kappa shape index (κ2) is 10.2. The van der Waals surface area contributed by atoms with Crippen molar-refractivity contribution < 1.29 is 9.18 Å². The maximum atomic E-state index is 13.1. The maximum Gasteiger partial charge on any atom is 0.262 e. The molecule has 0 fully saturated rings. The van der Waals surface area contributed by atoms with Gasteiger partial charge in [0.25, 0.3) is 5.56 Å². The van der Waals surface area contributed by atoms with Crippen LogP contribution in [0.3, 0.4) is 0 Å². The molecule has 0 spiro atoms. The van der Waals surface area contributed by atoms with E-state index in [0.29, 0.717) is 29.4 Å².